The largest absolute Gasteiger partial charge is 0.494 e. The Kier molecular flexibility index (Phi) is 7.33. The summed E-state index contributed by atoms with van der Waals surface area (Å²) in [6.07, 6.45) is 1.73. The van der Waals surface area contributed by atoms with Gasteiger partial charge in [0.2, 0.25) is 0 Å². The van der Waals surface area contributed by atoms with Gasteiger partial charge in [-0.05, 0) is 62.4 Å². The van der Waals surface area contributed by atoms with Crippen molar-refractivity contribution in [1.82, 2.24) is 5.32 Å². The molecule has 1 N–H and O–H groups in total. The van der Waals surface area contributed by atoms with Crippen LogP contribution in [-0.2, 0) is 11.2 Å². The van der Waals surface area contributed by atoms with Crippen LogP contribution in [0, 0.1) is 13.8 Å². The highest BCUT2D eigenvalue weighted by atomic mass is 16.5. The molecule has 0 spiro atoms. The van der Waals surface area contributed by atoms with Crippen LogP contribution in [-0.4, -0.2) is 25.7 Å². The molecule has 0 bridgehead atoms. The van der Waals surface area contributed by atoms with E-state index in [9.17, 15) is 4.79 Å². The Morgan fingerprint density at radius 1 is 1.04 bits per heavy atom. The van der Waals surface area contributed by atoms with E-state index in [4.69, 9.17) is 9.47 Å². The van der Waals surface area contributed by atoms with Gasteiger partial charge in [-0.25, -0.2) is 0 Å². The van der Waals surface area contributed by atoms with Crippen molar-refractivity contribution in [3.05, 3.63) is 59.2 Å². The first kappa shape index (κ1) is 18.8. The maximum absolute atomic E-state index is 11.9. The summed E-state index contributed by atoms with van der Waals surface area (Å²) in [5.41, 5.74) is 3.32. The zero-order valence-electron chi connectivity index (χ0n) is 15.3. The lowest BCUT2D eigenvalue weighted by atomic mass is 10.1. The Morgan fingerprint density at radius 2 is 1.84 bits per heavy atom. The molecule has 0 radical (unpaired) electrons. The van der Waals surface area contributed by atoms with Crippen LogP contribution >= 0.6 is 0 Å². The lowest BCUT2D eigenvalue weighted by Crippen LogP contribution is -2.30. The summed E-state index contributed by atoms with van der Waals surface area (Å²) in [5.74, 6) is 1.59. The quantitative estimate of drug-likeness (QED) is 0.705. The van der Waals surface area contributed by atoms with Gasteiger partial charge in [0.15, 0.2) is 6.61 Å². The smallest absolute Gasteiger partial charge is 0.257 e. The standard InChI is InChI=1S/C21H27NO3/c1-4-24-19-10-6-5-8-18(19)9-7-13-22-21(23)15-25-20-14-16(2)11-12-17(20)3/h5-6,8,10-12,14H,4,7,9,13,15H2,1-3H3,(H,22,23). The van der Waals surface area contributed by atoms with Crippen molar-refractivity contribution in [2.45, 2.75) is 33.6 Å². The summed E-state index contributed by atoms with van der Waals surface area (Å²) in [5, 5.41) is 2.90. The Labute approximate surface area is 150 Å². The second-order valence-corrected chi connectivity index (χ2v) is 6.05. The molecule has 25 heavy (non-hydrogen) atoms. The summed E-state index contributed by atoms with van der Waals surface area (Å²) >= 11 is 0. The van der Waals surface area contributed by atoms with Crippen LogP contribution in [0.1, 0.15) is 30.0 Å². The number of amides is 1. The number of rotatable bonds is 9. The Hall–Kier alpha value is -2.49. The van der Waals surface area contributed by atoms with Gasteiger partial charge in [-0.3, -0.25) is 4.79 Å². The number of hydrogen-bond acceptors (Lipinski definition) is 3. The zero-order valence-corrected chi connectivity index (χ0v) is 15.3. The normalized spacial score (nSPS) is 10.4. The van der Waals surface area contributed by atoms with Gasteiger partial charge in [0.1, 0.15) is 11.5 Å². The molecule has 0 fully saturated rings. The molecule has 0 aromatic heterocycles. The van der Waals surface area contributed by atoms with Crippen molar-refractivity contribution in [3.8, 4) is 11.5 Å². The lowest BCUT2D eigenvalue weighted by molar-refractivity contribution is -0.123. The molecule has 134 valence electrons. The fourth-order valence-electron chi connectivity index (χ4n) is 2.57. The van der Waals surface area contributed by atoms with Gasteiger partial charge in [-0.2, -0.15) is 0 Å². The molecule has 0 unspecified atom stereocenters. The number of nitrogens with one attached hydrogen (secondary N) is 1. The van der Waals surface area contributed by atoms with E-state index in [0.717, 1.165) is 35.5 Å². The number of para-hydroxylation sites is 1. The van der Waals surface area contributed by atoms with E-state index in [1.165, 1.54) is 5.56 Å². The lowest BCUT2D eigenvalue weighted by Gasteiger charge is -2.11. The van der Waals surface area contributed by atoms with E-state index in [1.807, 2.05) is 57.2 Å². The highest BCUT2D eigenvalue weighted by Crippen LogP contribution is 2.20. The van der Waals surface area contributed by atoms with Crippen LogP contribution in [0.15, 0.2) is 42.5 Å². The molecule has 2 rings (SSSR count). The van der Waals surface area contributed by atoms with Gasteiger partial charge in [0, 0.05) is 6.54 Å². The van der Waals surface area contributed by atoms with Gasteiger partial charge in [0.25, 0.3) is 5.91 Å². The third-order valence-corrected chi connectivity index (χ3v) is 3.92. The fraction of sp³-hybridized carbons (Fsp3) is 0.381. The minimum absolute atomic E-state index is 0.0415. The summed E-state index contributed by atoms with van der Waals surface area (Å²) in [4.78, 5) is 11.9. The van der Waals surface area contributed by atoms with Crippen molar-refractivity contribution in [2.24, 2.45) is 0 Å². The topological polar surface area (TPSA) is 47.6 Å². The van der Waals surface area contributed by atoms with Crippen molar-refractivity contribution in [2.75, 3.05) is 19.8 Å². The van der Waals surface area contributed by atoms with E-state index in [1.54, 1.807) is 0 Å². The highest BCUT2D eigenvalue weighted by molar-refractivity contribution is 5.77. The van der Waals surface area contributed by atoms with E-state index < -0.39 is 0 Å². The van der Waals surface area contributed by atoms with Crippen LogP contribution in [0.4, 0.5) is 0 Å². The van der Waals surface area contributed by atoms with E-state index in [0.29, 0.717) is 13.2 Å². The number of carbonyl (C=O) groups is 1. The number of carbonyl (C=O) groups excluding carboxylic acids is 1. The van der Waals surface area contributed by atoms with Gasteiger partial charge in [-0.1, -0.05) is 30.3 Å². The fourth-order valence-corrected chi connectivity index (χ4v) is 2.57. The van der Waals surface area contributed by atoms with Crippen LogP contribution in [0.25, 0.3) is 0 Å². The summed E-state index contributed by atoms with van der Waals surface area (Å²) in [6.45, 7) is 7.28. The van der Waals surface area contributed by atoms with Gasteiger partial charge < -0.3 is 14.8 Å². The summed E-state index contributed by atoms with van der Waals surface area (Å²) in [6, 6.07) is 14.0. The van der Waals surface area contributed by atoms with Gasteiger partial charge >= 0.3 is 0 Å². The monoisotopic (exact) mass is 341 g/mol. The average Bonchev–Trinajstić information content (AvgIpc) is 2.61. The first-order chi connectivity index (χ1) is 12.1. The van der Waals surface area contributed by atoms with Gasteiger partial charge in [-0.15, -0.1) is 0 Å². The van der Waals surface area contributed by atoms with E-state index >= 15 is 0 Å². The van der Waals surface area contributed by atoms with Crippen LogP contribution < -0.4 is 14.8 Å². The number of aryl methyl sites for hydroxylation is 3. The molecule has 1 amide bonds. The van der Waals surface area contributed by atoms with Crippen molar-refractivity contribution in [3.63, 3.8) is 0 Å². The zero-order chi connectivity index (χ0) is 18.1. The van der Waals surface area contributed by atoms with Crippen molar-refractivity contribution in [1.29, 1.82) is 0 Å². The maximum atomic E-state index is 11.9. The van der Waals surface area contributed by atoms with Crippen LogP contribution in [0.2, 0.25) is 0 Å². The van der Waals surface area contributed by atoms with Crippen molar-refractivity contribution >= 4 is 5.91 Å². The summed E-state index contributed by atoms with van der Waals surface area (Å²) < 4.78 is 11.2. The number of benzene rings is 2. The molecule has 0 saturated carbocycles. The molecule has 0 saturated heterocycles. The number of hydrogen-bond donors (Lipinski definition) is 1. The third-order valence-electron chi connectivity index (χ3n) is 3.92. The molecule has 2 aromatic carbocycles. The maximum Gasteiger partial charge on any atom is 0.257 e. The predicted molar refractivity (Wildman–Crippen MR) is 100 cm³/mol. The van der Waals surface area contributed by atoms with E-state index in [2.05, 4.69) is 11.4 Å². The molecule has 4 nitrogen and oxygen atoms in total. The van der Waals surface area contributed by atoms with Crippen LogP contribution in [0.5, 0.6) is 11.5 Å². The van der Waals surface area contributed by atoms with Crippen molar-refractivity contribution < 1.29 is 14.3 Å². The predicted octanol–water partition coefficient (Wildman–Crippen LogP) is 3.83. The Bertz CT molecular complexity index is 697. The molecular formula is C21H27NO3. The molecule has 2 aromatic rings. The highest BCUT2D eigenvalue weighted by Gasteiger charge is 2.06. The first-order valence-corrected chi connectivity index (χ1v) is 8.77. The average molecular weight is 341 g/mol. The minimum atomic E-state index is -0.0981. The second kappa shape index (κ2) is 9.72. The summed E-state index contributed by atoms with van der Waals surface area (Å²) in [7, 11) is 0. The Morgan fingerprint density at radius 3 is 2.64 bits per heavy atom. The van der Waals surface area contributed by atoms with Gasteiger partial charge in [0.05, 0.1) is 6.61 Å². The SMILES string of the molecule is CCOc1ccccc1CCCNC(=O)COc1cc(C)ccc1C. The molecule has 0 aliphatic heterocycles. The van der Waals surface area contributed by atoms with Crippen LogP contribution in [0.3, 0.4) is 0 Å². The third kappa shape index (κ3) is 6.14. The molecule has 0 aliphatic rings. The molecule has 0 heterocycles. The molecule has 0 aliphatic carbocycles. The molecule has 4 heteroatoms. The number of ether oxygens (including phenoxy) is 2. The molecular weight excluding hydrogens is 314 g/mol. The second-order valence-electron chi connectivity index (χ2n) is 6.05. The first-order valence-electron chi connectivity index (χ1n) is 8.77. The Balaban J connectivity index is 1.71. The minimum Gasteiger partial charge on any atom is -0.494 e. The van der Waals surface area contributed by atoms with E-state index in [-0.39, 0.29) is 12.5 Å². The molecule has 0 atom stereocenters.